The highest BCUT2D eigenvalue weighted by atomic mass is 16.5. The summed E-state index contributed by atoms with van der Waals surface area (Å²) in [6, 6.07) is 8.74. The second kappa shape index (κ2) is 5.86. The molecule has 1 atom stereocenters. The Labute approximate surface area is 131 Å². The summed E-state index contributed by atoms with van der Waals surface area (Å²) in [7, 11) is 0. The van der Waals surface area contributed by atoms with Crippen molar-refractivity contribution >= 4 is 0 Å². The van der Waals surface area contributed by atoms with Gasteiger partial charge in [0.2, 0.25) is 0 Å². The lowest BCUT2D eigenvalue weighted by atomic mass is 9.65. The molecule has 4 nitrogen and oxygen atoms in total. The van der Waals surface area contributed by atoms with Gasteiger partial charge in [0.05, 0.1) is 12.3 Å². The number of rotatable bonds is 4. The van der Waals surface area contributed by atoms with Gasteiger partial charge in [-0.15, -0.1) is 0 Å². The number of furan rings is 1. The minimum Gasteiger partial charge on any atom is -0.468 e. The van der Waals surface area contributed by atoms with E-state index in [1.165, 1.54) is 5.56 Å². The summed E-state index contributed by atoms with van der Waals surface area (Å²) in [6.45, 7) is 4.00. The van der Waals surface area contributed by atoms with Crippen LogP contribution in [0.3, 0.4) is 0 Å². The van der Waals surface area contributed by atoms with E-state index in [1.807, 2.05) is 18.5 Å². The number of pyridine rings is 1. The molecule has 0 aromatic carbocycles. The molecule has 0 amide bonds. The van der Waals surface area contributed by atoms with E-state index in [0.29, 0.717) is 11.5 Å². The summed E-state index contributed by atoms with van der Waals surface area (Å²) < 4.78 is 11.3. The molecular weight excluding hydrogens is 276 g/mol. The van der Waals surface area contributed by atoms with E-state index in [9.17, 15) is 0 Å². The lowest BCUT2D eigenvalue weighted by Gasteiger charge is -2.58. The Morgan fingerprint density at radius 3 is 2.73 bits per heavy atom. The molecule has 2 saturated heterocycles. The van der Waals surface area contributed by atoms with Gasteiger partial charge < -0.3 is 9.15 Å². The van der Waals surface area contributed by atoms with Crippen LogP contribution in [0.5, 0.6) is 0 Å². The summed E-state index contributed by atoms with van der Waals surface area (Å²) in [6.07, 6.45) is 8.88. The minimum absolute atomic E-state index is 0.356. The number of nitrogens with zero attached hydrogens (tertiary/aromatic N) is 2. The second-order valence-corrected chi connectivity index (χ2v) is 6.47. The first-order valence-corrected chi connectivity index (χ1v) is 8.12. The molecule has 4 heteroatoms. The molecule has 1 spiro atoms. The summed E-state index contributed by atoms with van der Waals surface area (Å²) >= 11 is 0. The highest BCUT2D eigenvalue weighted by Crippen LogP contribution is 2.54. The Hall–Kier alpha value is -1.65. The molecule has 0 bridgehead atoms. The largest absolute Gasteiger partial charge is 0.468 e. The quantitative estimate of drug-likeness (QED) is 0.869. The van der Waals surface area contributed by atoms with Crippen molar-refractivity contribution in [1.29, 1.82) is 0 Å². The molecule has 4 heterocycles. The third-order valence-corrected chi connectivity index (χ3v) is 5.20. The van der Waals surface area contributed by atoms with Crippen LogP contribution in [0.15, 0.2) is 47.3 Å². The number of ether oxygens (including phenoxy) is 1. The van der Waals surface area contributed by atoms with E-state index < -0.39 is 0 Å². The molecule has 0 saturated carbocycles. The van der Waals surface area contributed by atoms with Crippen molar-refractivity contribution in [1.82, 2.24) is 9.88 Å². The lowest BCUT2D eigenvalue weighted by Crippen LogP contribution is -2.60. The summed E-state index contributed by atoms with van der Waals surface area (Å²) in [5.74, 6) is 1.11. The fourth-order valence-electron chi connectivity index (χ4n) is 4.03. The van der Waals surface area contributed by atoms with Gasteiger partial charge in [-0.3, -0.25) is 9.88 Å². The molecule has 2 aromatic rings. The predicted molar refractivity (Wildman–Crippen MR) is 83.4 cm³/mol. The Morgan fingerprint density at radius 1 is 1.18 bits per heavy atom. The third kappa shape index (κ3) is 2.46. The lowest BCUT2D eigenvalue weighted by molar-refractivity contribution is -0.141. The number of likely N-dealkylation sites (tertiary alicyclic amines) is 1. The minimum atomic E-state index is 0.356. The van der Waals surface area contributed by atoms with Crippen LogP contribution in [0.1, 0.15) is 30.2 Å². The summed E-state index contributed by atoms with van der Waals surface area (Å²) in [5, 5.41) is 0. The van der Waals surface area contributed by atoms with E-state index in [4.69, 9.17) is 9.15 Å². The Kier molecular flexibility index (Phi) is 3.72. The summed E-state index contributed by atoms with van der Waals surface area (Å²) in [5.41, 5.74) is 1.70. The fourth-order valence-corrected chi connectivity index (χ4v) is 4.03. The van der Waals surface area contributed by atoms with E-state index in [0.717, 1.165) is 51.3 Å². The van der Waals surface area contributed by atoms with E-state index in [1.54, 1.807) is 6.26 Å². The monoisotopic (exact) mass is 298 g/mol. The van der Waals surface area contributed by atoms with Crippen LogP contribution in [0.25, 0.3) is 0 Å². The third-order valence-electron chi connectivity index (χ3n) is 5.20. The number of aromatic nitrogens is 1. The fraction of sp³-hybridized carbons (Fsp3) is 0.500. The maximum absolute atomic E-state index is 5.75. The van der Waals surface area contributed by atoms with Crippen molar-refractivity contribution in [3.63, 3.8) is 0 Å². The zero-order chi connectivity index (χ0) is 14.8. The van der Waals surface area contributed by atoms with E-state index in [-0.39, 0.29) is 0 Å². The molecule has 1 unspecified atom stereocenters. The second-order valence-electron chi connectivity index (χ2n) is 6.47. The maximum atomic E-state index is 5.75. The van der Waals surface area contributed by atoms with Gasteiger partial charge in [-0.1, -0.05) is 0 Å². The molecule has 0 aliphatic carbocycles. The average Bonchev–Trinajstić information content (AvgIpc) is 3.06. The van der Waals surface area contributed by atoms with Crippen LogP contribution in [0, 0.1) is 5.41 Å². The molecule has 0 N–H and O–H groups in total. The first kappa shape index (κ1) is 14.0. The molecule has 0 radical (unpaired) electrons. The SMILES string of the molecule is c1coc(C2N(CCc3ccncc3)CC23CCOCC3)c1. The zero-order valence-corrected chi connectivity index (χ0v) is 12.8. The zero-order valence-electron chi connectivity index (χ0n) is 12.8. The first-order chi connectivity index (χ1) is 10.9. The van der Waals surface area contributed by atoms with Gasteiger partial charge >= 0.3 is 0 Å². The van der Waals surface area contributed by atoms with Crippen molar-refractivity contribution in [3.8, 4) is 0 Å². The highest BCUT2D eigenvalue weighted by molar-refractivity contribution is 5.18. The molecule has 2 aliphatic rings. The molecule has 4 rings (SSSR count). The molecule has 2 fully saturated rings. The average molecular weight is 298 g/mol. The van der Waals surface area contributed by atoms with Crippen LogP contribution in [0.4, 0.5) is 0 Å². The van der Waals surface area contributed by atoms with Gasteiger partial charge in [-0.2, -0.15) is 0 Å². The van der Waals surface area contributed by atoms with Crippen molar-refractivity contribution < 1.29 is 9.15 Å². The molecule has 116 valence electrons. The number of hydrogen-bond acceptors (Lipinski definition) is 4. The molecule has 2 aliphatic heterocycles. The van der Waals surface area contributed by atoms with Gasteiger partial charge in [0.25, 0.3) is 0 Å². The van der Waals surface area contributed by atoms with E-state index in [2.05, 4.69) is 28.1 Å². The van der Waals surface area contributed by atoms with Crippen molar-refractivity contribution in [2.75, 3.05) is 26.3 Å². The van der Waals surface area contributed by atoms with Gasteiger partial charge in [0.1, 0.15) is 5.76 Å². The molecule has 2 aromatic heterocycles. The van der Waals surface area contributed by atoms with Crippen molar-refractivity contribution in [2.45, 2.75) is 25.3 Å². The summed E-state index contributed by atoms with van der Waals surface area (Å²) in [4.78, 5) is 6.65. The van der Waals surface area contributed by atoms with Crippen molar-refractivity contribution in [3.05, 3.63) is 54.2 Å². The standard InChI is InChI=1S/C18H22N2O2/c1-2-16(22-11-1)17-18(6-12-21-13-7-18)14-20(17)10-5-15-3-8-19-9-4-15/h1-4,8-9,11,17H,5-7,10,12-14H2. The van der Waals surface area contributed by atoms with Gasteiger partial charge in [-0.05, 0) is 49.1 Å². The van der Waals surface area contributed by atoms with Gasteiger partial charge in [-0.25, -0.2) is 0 Å². The van der Waals surface area contributed by atoms with E-state index >= 15 is 0 Å². The normalized spacial score (nSPS) is 24.3. The topological polar surface area (TPSA) is 38.5 Å². The van der Waals surface area contributed by atoms with Gasteiger partial charge in [0.15, 0.2) is 0 Å². The highest BCUT2D eigenvalue weighted by Gasteiger charge is 2.54. The number of hydrogen-bond donors (Lipinski definition) is 0. The van der Waals surface area contributed by atoms with Crippen molar-refractivity contribution in [2.24, 2.45) is 5.41 Å². The maximum Gasteiger partial charge on any atom is 0.121 e. The van der Waals surface area contributed by atoms with Crippen LogP contribution >= 0.6 is 0 Å². The Balaban J connectivity index is 1.48. The smallest absolute Gasteiger partial charge is 0.121 e. The first-order valence-electron chi connectivity index (χ1n) is 8.12. The predicted octanol–water partition coefficient (Wildman–Crippen LogP) is 3.07. The Bertz CT molecular complexity index is 591. The van der Waals surface area contributed by atoms with Crippen LogP contribution in [0.2, 0.25) is 0 Å². The van der Waals surface area contributed by atoms with Crippen LogP contribution in [-0.2, 0) is 11.2 Å². The van der Waals surface area contributed by atoms with Gasteiger partial charge in [0, 0.05) is 44.1 Å². The molecular formula is C18H22N2O2. The Morgan fingerprint density at radius 2 is 2.00 bits per heavy atom. The van der Waals surface area contributed by atoms with Crippen LogP contribution < -0.4 is 0 Å². The van der Waals surface area contributed by atoms with Crippen LogP contribution in [-0.4, -0.2) is 36.2 Å². The molecule has 22 heavy (non-hydrogen) atoms.